The lowest BCUT2D eigenvalue weighted by Crippen LogP contribution is -1.87. The van der Waals surface area contributed by atoms with Crippen LogP contribution >= 0.6 is 34.8 Å². The predicted molar refractivity (Wildman–Crippen MR) is 59.9 cm³/mol. The molecule has 0 radical (unpaired) electrons. The van der Waals surface area contributed by atoms with Gasteiger partial charge in [0.2, 0.25) is 0 Å². The summed E-state index contributed by atoms with van der Waals surface area (Å²) in [6.45, 7) is 0. The number of benzene rings is 1. The lowest BCUT2D eigenvalue weighted by Gasteiger charge is -1.93. The van der Waals surface area contributed by atoms with Crippen molar-refractivity contribution in [3.8, 4) is 0 Å². The van der Waals surface area contributed by atoms with Gasteiger partial charge in [-0.3, -0.25) is 4.79 Å². The zero-order valence-electron chi connectivity index (χ0n) is 7.67. The van der Waals surface area contributed by atoms with E-state index in [9.17, 15) is 9.59 Å². The second-order valence-electron chi connectivity index (χ2n) is 2.20. The van der Waals surface area contributed by atoms with Crippen molar-refractivity contribution < 1.29 is 14.3 Å². The van der Waals surface area contributed by atoms with Gasteiger partial charge in [-0.1, -0.05) is 23.7 Å². The van der Waals surface area contributed by atoms with Gasteiger partial charge in [0, 0.05) is 11.6 Å². The van der Waals surface area contributed by atoms with Gasteiger partial charge in [0.25, 0.3) is 5.24 Å². The van der Waals surface area contributed by atoms with Gasteiger partial charge in [0.15, 0.2) is 0 Å². The van der Waals surface area contributed by atoms with Gasteiger partial charge < -0.3 is 4.74 Å². The second kappa shape index (κ2) is 7.51. The first-order valence-corrected chi connectivity index (χ1v) is 4.80. The number of methoxy groups -OCH3 is 1. The van der Waals surface area contributed by atoms with Gasteiger partial charge in [-0.05, 0) is 23.7 Å². The minimum absolute atomic E-state index is 0.353. The molecule has 0 aliphatic carbocycles. The quantitative estimate of drug-likeness (QED) is 0.730. The van der Waals surface area contributed by atoms with Crippen molar-refractivity contribution in [1.82, 2.24) is 0 Å². The first kappa shape index (κ1) is 14.2. The van der Waals surface area contributed by atoms with E-state index in [2.05, 4.69) is 16.3 Å². The van der Waals surface area contributed by atoms with E-state index in [4.69, 9.17) is 23.2 Å². The molecule has 1 rings (SSSR count). The van der Waals surface area contributed by atoms with E-state index < -0.39 is 10.7 Å². The zero-order chi connectivity index (χ0) is 11.8. The first-order chi connectivity index (χ1) is 6.99. The van der Waals surface area contributed by atoms with Gasteiger partial charge in [-0.25, -0.2) is 4.79 Å². The summed E-state index contributed by atoms with van der Waals surface area (Å²) in [6, 6.07) is 6.65. The molecule has 0 aliphatic heterocycles. The molecule has 0 unspecified atom stereocenters. The highest BCUT2D eigenvalue weighted by Gasteiger charge is 2.03. The van der Waals surface area contributed by atoms with Crippen molar-refractivity contribution in [2.24, 2.45) is 0 Å². The lowest BCUT2D eigenvalue weighted by atomic mass is 10.2. The highest BCUT2D eigenvalue weighted by Crippen LogP contribution is 2.16. The first-order valence-electron chi connectivity index (χ1n) is 3.66. The van der Waals surface area contributed by atoms with E-state index in [1.165, 1.54) is 7.11 Å². The normalized spacial score (nSPS) is 8.53. The van der Waals surface area contributed by atoms with Crippen molar-refractivity contribution in [3.05, 3.63) is 34.9 Å². The maximum Gasteiger partial charge on any atom is 0.403 e. The van der Waals surface area contributed by atoms with Crippen LogP contribution in [0.2, 0.25) is 5.02 Å². The van der Waals surface area contributed by atoms with Crippen LogP contribution in [-0.2, 0) is 4.74 Å². The molecule has 6 heteroatoms. The monoisotopic (exact) mass is 268 g/mol. The van der Waals surface area contributed by atoms with Crippen molar-refractivity contribution in [3.63, 3.8) is 0 Å². The molecule has 15 heavy (non-hydrogen) atoms. The molecule has 82 valence electrons. The van der Waals surface area contributed by atoms with Crippen molar-refractivity contribution in [2.45, 2.75) is 0 Å². The van der Waals surface area contributed by atoms with Gasteiger partial charge >= 0.3 is 5.43 Å². The number of ether oxygens (including phenoxy) is 1. The van der Waals surface area contributed by atoms with Crippen molar-refractivity contribution in [2.75, 3.05) is 7.11 Å². The Bertz CT molecular complexity index is 352. The molecular weight excluding hydrogens is 262 g/mol. The molecule has 0 heterocycles. The van der Waals surface area contributed by atoms with E-state index in [0.29, 0.717) is 10.6 Å². The minimum Gasteiger partial charge on any atom is -0.457 e. The Morgan fingerprint density at radius 1 is 1.20 bits per heavy atom. The molecule has 3 nitrogen and oxygen atoms in total. The average molecular weight is 270 g/mol. The lowest BCUT2D eigenvalue weighted by molar-refractivity contribution is 0.108. The summed E-state index contributed by atoms with van der Waals surface area (Å²) in [7, 11) is 1.22. The maximum atomic E-state index is 10.5. The summed E-state index contributed by atoms with van der Waals surface area (Å²) in [4.78, 5) is 19.9. The standard InChI is InChI=1S/C7H4Cl2O.C2H3ClO2/c8-6-4-2-1-3-5(6)7(9)10;1-5-2(3)4/h1-4H;1H3. The number of hydrogen-bond acceptors (Lipinski definition) is 3. The molecule has 0 aliphatic rings. The molecule has 0 atom stereocenters. The summed E-state index contributed by atoms with van der Waals surface area (Å²) in [5, 5.41) is -0.131. The Labute approximate surface area is 102 Å². The van der Waals surface area contributed by atoms with Crippen molar-refractivity contribution in [1.29, 1.82) is 0 Å². The third-order valence-corrected chi connectivity index (χ3v) is 1.93. The van der Waals surface area contributed by atoms with Crippen LogP contribution in [0, 0.1) is 0 Å². The summed E-state index contributed by atoms with van der Waals surface area (Å²) < 4.78 is 3.88. The Balaban J connectivity index is 0.000000336. The fourth-order valence-electron chi connectivity index (χ4n) is 0.621. The zero-order valence-corrected chi connectivity index (χ0v) is 9.94. The molecule has 0 N–H and O–H groups in total. The Morgan fingerprint density at radius 3 is 1.93 bits per heavy atom. The predicted octanol–water partition coefficient (Wildman–Crippen LogP) is 3.71. The second-order valence-corrected chi connectivity index (χ2v) is 3.25. The van der Waals surface area contributed by atoms with Crippen LogP contribution in [0.15, 0.2) is 24.3 Å². The number of halogens is 3. The highest BCUT2D eigenvalue weighted by molar-refractivity contribution is 6.68. The summed E-state index contributed by atoms with van der Waals surface area (Å²) in [5.41, 5.74) is -0.421. The summed E-state index contributed by atoms with van der Waals surface area (Å²) in [6.07, 6.45) is 0. The average Bonchev–Trinajstić information content (AvgIpc) is 2.19. The van der Waals surface area contributed by atoms with E-state index in [0.717, 1.165) is 0 Å². The van der Waals surface area contributed by atoms with Crippen LogP contribution in [0.25, 0.3) is 0 Å². The molecule has 0 bridgehead atoms. The molecule has 0 aromatic heterocycles. The fraction of sp³-hybridized carbons (Fsp3) is 0.111. The molecule has 0 saturated carbocycles. The largest absolute Gasteiger partial charge is 0.457 e. The third-order valence-electron chi connectivity index (χ3n) is 1.25. The summed E-state index contributed by atoms with van der Waals surface area (Å²) in [5.74, 6) is 0. The van der Waals surface area contributed by atoms with Crippen LogP contribution in [-0.4, -0.2) is 17.8 Å². The highest BCUT2D eigenvalue weighted by atomic mass is 35.5. The summed E-state index contributed by atoms with van der Waals surface area (Å²) >= 11 is 15.4. The number of rotatable bonds is 1. The third kappa shape index (κ3) is 6.33. The van der Waals surface area contributed by atoms with E-state index >= 15 is 0 Å². The van der Waals surface area contributed by atoms with Crippen LogP contribution < -0.4 is 0 Å². The Hall–Kier alpha value is -0.770. The topological polar surface area (TPSA) is 43.4 Å². The number of carbonyl (C=O) groups excluding carboxylic acids is 2. The molecular formula is C9H7Cl3O3. The molecule has 0 saturated heterocycles. The van der Waals surface area contributed by atoms with E-state index in [-0.39, 0.29) is 0 Å². The molecule has 0 spiro atoms. The van der Waals surface area contributed by atoms with E-state index in [1.54, 1.807) is 24.3 Å². The van der Waals surface area contributed by atoms with Crippen LogP contribution in [0.4, 0.5) is 4.79 Å². The minimum atomic E-state index is -0.773. The molecule has 1 aromatic carbocycles. The maximum absolute atomic E-state index is 10.5. The van der Waals surface area contributed by atoms with Gasteiger partial charge in [0.05, 0.1) is 17.7 Å². The molecule has 0 fully saturated rings. The fourth-order valence-corrected chi connectivity index (χ4v) is 1.06. The van der Waals surface area contributed by atoms with Crippen LogP contribution in [0.1, 0.15) is 10.4 Å². The smallest absolute Gasteiger partial charge is 0.403 e. The molecule has 0 amide bonds. The van der Waals surface area contributed by atoms with E-state index in [1.807, 2.05) is 0 Å². The molecule has 1 aromatic rings. The van der Waals surface area contributed by atoms with Crippen LogP contribution in [0.5, 0.6) is 0 Å². The van der Waals surface area contributed by atoms with Gasteiger partial charge in [0.1, 0.15) is 0 Å². The van der Waals surface area contributed by atoms with Gasteiger partial charge in [-0.15, -0.1) is 0 Å². The SMILES string of the molecule is COC(=O)Cl.O=C(Cl)c1ccccc1Cl. The van der Waals surface area contributed by atoms with Gasteiger partial charge in [-0.2, -0.15) is 0 Å². The Morgan fingerprint density at radius 2 is 1.67 bits per heavy atom. The van der Waals surface area contributed by atoms with Crippen LogP contribution in [0.3, 0.4) is 0 Å². The number of carbonyl (C=O) groups is 2. The Kier molecular flexibility index (Phi) is 7.13. The van der Waals surface area contributed by atoms with Crippen molar-refractivity contribution >= 4 is 45.5 Å². The number of hydrogen-bond donors (Lipinski definition) is 0.